The average molecular weight is 500 g/mol. The van der Waals surface area contributed by atoms with Gasteiger partial charge >= 0.3 is 6.09 Å². The number of guanidine groups is 1. The molecule has 1 aromatic heterocycles. The van der Waals surface area contributed by atoms with Gasteiger partial charge in [-0.25, -0.2) is 4.79 Å². The van der Waals surface area contributed by atoms with Crippen LogP contribution in [-0.2, 0) is 18.3 Å². The third-order valence-electron chi connectivity index (χ3n) is 5.15. The largest absolute Gasteiger partial charge is 0.457 e. The number of hydrogen-bond donors (Lipinski definition) is 3. The molecule has 3 rings (SSSR count). The Morgan fingerprint density at radius 3 is 2.37 bits per heavy atom. The maximum Gasteiger partial charge on any atom is 0.407 e. The van der Waals surface area contributed by atoms with Crippen molar-refractivity contribution in [1.29, 1.82) is 5.41 Å². The van der Waals surface area contributed by atoms with Crippen molar-refractivity contribution in [1.82, 2.24) is 14.8 Å². The van der Waals surface area contributed by atoms with Crippen LogP contribution >= 0.6 is 11.6 Å². The first-order chi connectivity index (χ1) is 16.4. The van der Waals surface area contributed by atoms with Gasteiger partial charge in [0.05, 0.1) is 10.5 Å². The van der Waals surface area contributed by atoms with Crippen molar-refractivity contribution in [3.8, 4) is 11.5 Å². The van der Waals surface area contributed by atoms with E-state index in [9.17, 15) is 9.59 Å². The average Bonchev–Trinajstić information content (AvgIpc) is 3.09. The monoisotopic (exact) mass is 499 g/mol. The Morgan fingerprint density at radius 2 is 1.80 bits per heavy atom. The minimum atomic E-state index is -0.556. The molecule has 35 heavy (non-hydrogen) atoms. The summed E-state index contributed by atoms with van der Waals surface area (Å²) in [7, 11) is 1.75. The standard InChI is InChI=1S/C25H30ClN5O4/c1-6-31(23(27)28)22(32)21-13-18-19(26)11-17(12-20(18)30(21)5)34-16-9-7-15(8-10-16)14-29-24(33)35-25(2,3)4/h7-13H,6,14H2,1-5H3,(H3,27,28)(H,29,33). The zero-order chi connectivity index (χ0) is 25.9. The topological polar surface area (TPSA) is 123 Å². The van der Waals surface area contributed by atoms with Crippen LogP contribution in [0.15, 0.2) is 42.5 Å². The number of amides is 2. The predicted molar refractivity (Wildman–Crippen MR) is 136 cm³/mol. The van der Waals surface area contributed by atoms with Gasteiger partial charge in [0, 0.05) is 37.7 Å². The van der Waals surface area contributed by atoms with Gasteiger partial charge < -0.3 is 25.1 Å². The second-order valence-corrected chi connectivity index (χ2v) is 9.37. The number of hydrogen-bond acceptors (Lipinski definition) is 5. The van der Waals surface area contributed by atoms with Crippen LogP contribution in [0.25, 0.3) is 10.9 Å². The highest BCUT2D eigenvalue weighted by Crippen LogP contribution is 2.34. The molecule has 186 valence electrons. The van der Waals surface area contributed by atoms with Crippen LogP contribution in [0, 0.1) is 5.41 Å². The second-order valence-electron chi connectivity index (χ2n) is 8.96. The van der Waals surface area contributed by atoms with Gasteiger partial charge in [0.1, 0.15) is 22.8 Å². The zero-order valence-corrected chi connectivity index (χ0v) is 21.2. The molecule has 0 saturated carbocycles. The highest BCUT2D eigenvalue weighted by Gasteiger charge is 2.22. The van der Waals surface area contributed by atoms with E-state index in [1.807, 2.05) is 32.9 Å². The lowest BCUT2D eigenvalue weighted by Gasteiger charge is -2.19. The lowest BCUT2D eigenvalue weighted by molar-refractivity contribution is 0.0523. The van der Waals surface area contributed by atoms with Crippen molar-refractivity contribution in [3.05, 3.63) is 58.7 Å². The Balaban J connectivity index is 1.76. The number of halogens is 1. The lowest BCUT2D eigenvalue weighted by Crippen LogP contribution is -2.41. The van der Waals surface area contributed by atoms with Crippen molar-refractivity contribution in [2.24, 2.45) is 12.8 Å². The first kappa shape index (κ1) is 25.9. The van der Waals surface area contributed by atoms with Gasteiger partial charge in [-0.05, 0) is 51.5 Å². The predicted octanol–water partition coefficient (Wildman–Crippen LogP) is 5.00. The van der Waals surface area contributed by atoms with Crippen molar-refractivity contribution in [3.63, 3.8) is 0 Å². The molecule has 0 unspecified atom stereocenters. The fourth-order valence-corrected chi connectivity index (χ4v) is 3.75. The molecule has 0 bridgehead atoms. The van der Waals surface area contributed by atoms with Gasteiger partial charge in [0.15, 0.2) is 5.96 Å². The lowest BCUT2D eigenvalue weighted by atomic mass is 10.2. The molecular formula is C25H30ClN5O4. The van der Waals surface area contributed by atoms with E-state index in [0.29, 0.717) is 39.7 Å². The van der Waals surface area contributed by atoms with Gasteiger partial charge in [-0.15, -0.1) is 0 Å². The number of nitrogens with two attached hydrogens (primary N) is 1. The normalized spacial score (nSPS) is 11.3. The summed E-state index contributed by atoms with van der Waals surface area (Å²) in [6.45, 7) is 7.77. The van der Waals surface area contributed by atoms with E-state index >= 15 is 0 Å². The van der Waals surface area contributed by atoms with Crippen LogP contribution in [0.5, 0.6) is 11.5 Å². The molecule has 0 aliphatic rings. The van der Waals surface area contributed by atoms with E-state index in [4.69, 9.17) is 32.2 Å². The van der Waals surface area contributed by atoms with Gasteiger partial charge in [-0.2, -0.15) is 0 Å². The van der Waals surface area contributed by atoms with Crippen LogP contribution < -0.4 is 15.8 Å². The number of benzene rings is 2. The quantitative estimate of drug-likeness (QED) is 0.325. The zero-order valence-electron chi connectivity index (χ0n) is 20.4. The molecular weight excluding hydrogens is 470 g/mol. The van der Waals surface area contributed by atoms with E-state index in [1.54, 1.807) is 48.9 Å². The molecule has 3 aromatic rings. The maximum absolute atomic E-state index is 12.9. The summed E-state index contributed by atoms with van der Waals surface area (Å²) in [6, 6.07) is 12.4. The third-order valence-corrected chi connectivity index (χ3v) is 5.46. The Hall–Kier alpha value is -3.72. The molecule has 0 saturated heterocycles. The number of nitrogens with one attached hydrogen (secondary N) is 2. The molecule has 0 spiro atoms. The van der Waals surface area contributed by atoms with E-state index < -0.39 is 11.7 Å². The van der Waals surface area contributed by atoms with Gasteiger partial charge in [0.2, 0.25) is 0 Å². The van der Waals surface area contributed by atoms with Crippen LogP contribution in [0.1, 0.15) is 43.7 Å². The smallest absolute Gasteiger partial charge is 0.407 e. The van der Waals surface area contributed by atoms with Crippen LogP contribution in [0.4, 0.5) is 4.79 Å². The number of rotatable bonds is 6. The van der Waals surface area contributed by atoms with Gasteiger partial charge in [-0.3, -0.25) is 15.1 Å². The van der Waals surface area contributed by atoms with Crippen molar-refractivity contribution < 1.29 is 19.1 Å². The molecule has 10 heteroatoms. The van der Waals surface area contributed by atoms with Crippen LogP contribution in [0.2, 0.25) is 5.02 Å². The van der Waals surface area contributed by atoms with E-state index in [-0.39, 0.29) is 18.4 Å². The summed E-state index contributed by atoms with van der Waals surface area (Å²) in [6.07, 6.45) is -0.480. The molecule has 0 aliphatic heterocycles. The fraction of sp³-hybridized carbons (Fsp3) is 0.320. The SMILES string of the molecule is CCN(C(=N)N)C(=O)c1cc2c(Cl)cc(Oc3ccc(CNC(=O)OC(C)(C)C)cc3)cc2n1C. The highest BCUT2D eigenvalue weighted by atomic mass is 35.5. The number of ether oxygens (including phenoxy) is 2. The summed E-state index contributed by atoms with van der Waals surface area (Å²) >= 11 is 6.50. The van der Waals surface area contributed by atoms with E-state index in [0.717, 1.165) is 5.56 Å². The first-order valence-corrected chi connectivity index (χ1v) is 11.5. The number of aryl methyl sites for hydroxylation is 1. The van der Waals surface area contributed by atoms with Gasteiger partial charge in [0.25, 0.3) is 5.91 Å². The highest BCUT2D eigenvalue weighted by molar-refractivity contribution is 6.35. The number of carbonyl (C=O) groups is 2. The number of carbonyl (C=O) groups excluding carboxylic acids is 2. The first-order valence-electron chi connectivity index (χ1n) is 11.1. The Labute approximate surface area is 209 Å². The summed E-state index contributed by atoms with van der Waals surface area (Å²) < 4.78 is 12.9. The van der Waals surface area contributed by atoms with Gasteiger partial charge in [-0.1, -0.05) is 23.7 Å². The Kier molecular flexibility index (Phi) is 7.60. The molecule has 2 aromatic carbocycles. The molecule has 0 aliphatic carbocycles. The molecule has 0 radical (unpaired) electrons. The van der Waals surface area contributed by atoms with Crippen molar-refractivity contribution >= 4 is 40.5 Å². The van der Waals surface area contributed by atoms with Crippen LogP contribution in [0.3, 0.4) is 0 Å². The Bertz CT molecular complexity index is 1260. The minimum Gasteiger partial charge on any atom is -0.457 e. The third kappa shape index (κ3) is 6.24. The minimum absolute atomic E-state index is 0.279. The molecule has 1 heterocycles. The number of aromatic nitrogens is 1. The molecule has 2 amide bonds. The summed E-state index contributed by atoms with van der Waals surface area (Å²) in [5.74, 6) is 0.386. The molecule has 0 fully saturated rings. The van der Waals surface area contributed by atoms with E-state index in [2.05, 4.69) is 5.32 Å². The maximum atomic E-state index is 12.9. The Morgan fingerprint density at radius 1 is 1.14 bits per heavy atom. The van der Waals surface area contributed by atoms with Crippen molar-refractivity contribution in [2.75, 3.05) is 6.54 Å². The fourth-order valence-electron chi connectivity index (χ4n) is 3.49. The number of alkyl carbamates (subject to hydrolysis) is 1. The van der Waals surface area contributed by atoms with E-state index in [1.165, 1.54) is 4.90 Å². The number of fused-ring (bicyclic) bond motifs is 1. The second kappa shape index (κ2) is 10.3. The molecule has 4 N–H and O–H groups in total. The van der Waals surface area contributed by atoms with Crippen molar-refractivity contribution in [2.45, 2.75) is 39.8 Å². The molecule has 0 atom stereocenters. The van der Waals surface area contributed by atoms with Crippen LogP contribution in [-0.4, -0.2) is 39.6 Å². The number of nitrogens with zero attached hydrogens (tertiary/aromatic N) is 2. The summed E-state index contributed by atoms with van der Waals surface area (Å²) in [5, 5.41) is 11.5. The summed E-state index contributed by atoms with van der Waals surface area (Å²) in [5.41, 5.74) is 6.93. The summed E-state index contributed by atoms with van der Waals surface area (Å²) in [4.78, 5) is 25.9. The molecule has 9 nitrogen and oxygen atoms in total.